The first-order chi connectivity index (χ1) is 15.8. The van der Waals surface area contributed by atoms with E-state index in [0.717, 1.165) is 13.0 Å². The third kappa shape index (κ3) is 8.44. The number of hydrogen-bond donors (Lipinski definition) is 8. The van der Waals surface area contributed by atoms with Gasteiger partial charge >= 0.3 is 5.97 Å². The molecule has 33 heavy (non-hydrogen) atoms. The highest BCUT2D eigenvalue weighted by atomic mass is 16.4. The first-order valence-electron chi connectivity index (χ1n) is 11.0. The fourth-order valence-corrected chi connectivity index (χ4v) is 3.50. The molecule has 13 heteroatoms. The number of aliphatic carboxylic acids is 1. The summed E-state index contributed by atoms with van der Waals surface area (Å²) < 4.78 is 0. The summed E-state index contributed by atoms with van der Waals surface area (Å²) in [5.41, 5.74) is 6.01. The number of rotatable bonds is 14. The molecule has 1 aromatic heterocycles. The van der Waals surface area contributed by atoms with Gasteiger partial charge in [0.2, 0.25) is 17.7 Å². The van der Waals surface area contributed by atoms with Gasteiger partial charge in [0.25, 0.3) is 0 Å². The molecule has 1 aliphatic heterocycles. The van der Waals surface area contributed by atoms with Crippen LogP contribution in [0.15, 0.2) is 12.5 Å². The number of aromatic nitrogens is 2. The molecule has 1 aliphatic rings. The van der Waals surface area contributed by atoms with Crippen LogP contribution in [0.1, 0.15) is 37.8 Å². The third-order valence-corrected chi connectivity index (χ3v) is 5.37. The van der Waals surface area contributed by atoms with Crippen LogP contribution in [0.5, 0.6) is 0 Å². The molecule has 4 unspecified atom stereocenters. The summed E-state index contributed by atoms with van der Waals surface area (Å²) >= 11 is 0. The highest BCUT2D eigenvalue weighted by molar-refractivity contribution is 5.94. The van der Waals surface area contributed by atoms with Crippen LogP contribution in [0.3, 0.4) is 0 Å². The molecule has 0 aromatic carbocycles. The van der Waals surface area contributed by atoms with E-state index >= 15 is 0 Å². The maximum atomic E-state index is 12.8. The van der Waals surface area contributed by atoms with E-state index in [0.29, 0.717) is 37.9 Å². The van der Waals surface area contributed by atoms with Gasteiger partial charge in [-0.15, -0.1) is 0 Å². The van der Waals surface area contributed by atoms with Crippen molar-refractivity contribution >= 4 is 23.7 Å². The van der Waals surface area contributed by atoms with Crippen molar-refractivity contribution < 1.29 is 29.4 Å². The van der Waals surface area contributed by atoms with Crippen molar-refractivity contribution in [3.05, 3.63) is 18.2 Å². The SMILES string of the molecule is NCCCCC(NC(=O)C1CCCN1)C(=O)NC(CO)C(=O)NC(Cc1cnc[nH]1)C(=O)O. The second-order valence-corrected chi connectivity index (χ2v) is 7.92. The molecular formula is C20H33N7O6. The Bertz CT molecular complexity index is 782. The number of carbonyl (C=O) groups excluding carboxylic acids is 3. The van der Waals surface area contributed by atoms with Crippen molar-refractivity contribution in [3.63, 3.8) is 0 Å². The number of aromatic amines is 1. The normalized spacial score (nSPS) is 18.2. The minimum atomic E-state index is -1.39. The number of nitrogens with one attached hydrogen (secondary N) is 5. The van der Waals surface area contributed by atoms with E-state index < -0.39 is 42.5 Å². The molecule has 184 valence electrons. The van der Waals surface area contributed by atoms with Crippen molar-refractivity contribution in [1.29, 1.82) is 0 Å². The fourth-order valence-electron chi connectivity index (χ4n) is 3.50. The van der Waals surface area contributed by atoms with Crippen molar-refractivity contribution in [2.75, 3.05) is 19.7 Å². The lowest BCUT2D eigenvalue weighted by atomic mass is 10.1. The number of carbonyl (C=O) groups is 4. The Kier molecular flexibility index (Phi) is 10.7. The van der Waals surface area contributed by atoms with Crippen LogP contribution in [0.2, 0.25) is 0 Å². The molecule has 0 bridgehead atoms. The Hall–Kier alpha value is -3.03. The number of unbranched alkanes of at least 4 members (excludes halogenated alkanes) is 1. The Morgan fingerprint density at radius 2 is 1.85 bits per heavy atom. The minimum absolute atomic E-state index is 0.0562. The van der Waals surface area contributed by atoms with Gasteiger partial charge in [0.15, 0.2) is 0 Å². The van der Waals surface area contributed by atoms with Gasteiger partial charge in [0.05, 0.1) is 19.0 Å². The summed E-state index contributed by atoms with van der Waals surface area (Å²) in [7, 11) is 0. The largest absolute Gasteiger partial charge is 0.480 e. The van der Waals surface area contributed by atoms with Gasteiger partial charge in [-0.2, -0.15) is 0 Å². The van der Waals surface area contributed by atoms with Gasteiger partial charge in [-0.3, -0.25) is 14.4 Å². The molecule has 13 nitrogen and oxygen atoms in total. The first-order valence-corrected chi connectivity index (χ1v) is 11.0. The summed E-state index contributed by atoms with van der Waals surface area (Å²) in [5, 5.41) is 29.5. The second-order valence-electron chi connectivity index (χ2n) is 7.92. The number of aliphatic hydroxyl groups excluding tert-OH is 1. The van der Waals surface area contributed by atoms with E-state index in [9.17, 15) is 29.4 Å². The van der Waals surface area contributed by atoms with Crippen LogP contribution in [-0.4, -0.2) is 87.7 Å². The highest BCUT2D eigenvalue weighted by Gasteiger charge is 2.31. The molecule has 0 saturated carbocycles. The average molecular weight is 468 g/mol. The van der Waals surface area contributed by atoms with E-state index in [1.54, 1.807) is 0 Å². The molecular weight excluding hydrogens is 434 g/mol. The number of nitrogens with zero attached hydrogens (tertiary/aromatic N) is 1. The Morgan fingerprint density at radius 1 is 1.12 bits per heavy atom. The summed E-state index contributed by atoms with van der Waals surface area (Å²) in [6.45, 7) is 0.404. The summed E-state index contributed by atoms with van der Waals surface area (Å²) in [6.07, 6.45) is 5.81. The van der Waals surface area contributed by atoms with Crippen LogP contribution in [0.25, 0.3) is 0 Å². The zero-order valence-corrected chi connectivity index (χ0v) is 18.4. The van der Waals surface area contributed by atoms with E-state index in [2.05, 4.69) is 31.2 Å². The van der Waals surface area contributed by atoms with Crippen molar-refractivity contribution in [1.82, 2.24) is 31.2 Å². The Balaban J connectivity index is 1.99. The number of hydrogen-bond acceptors (Lipinski definition) is 8. The predicted octanol–water partition coefficient (Wildman–Crippen LogP) is -2.64. The third-order valence-electron chi connectivity index (χ3n) is 5.37. The van der Waals surface area contributed by atoms with Crippen LogP contribution in [0.4, 0.5) is 0 Å². The lowest BCUT2D eigenvalue weighted by Crippen LogP contribution is -2.58. The number of imidazole rings is 1. The van der Waals surface area contributed by atoms with Crippen molar-refractivity contribution in [3.8, 4) is 0 Å². The standard InChI is InChI=1S/C20H33N7O6/c21-6-2-1-4-14(25-17(29)13-5-3-7-23-13)18(30)27-16(10-28)19(31)26-15(20(32)33)8-12-9-22-11-24-12/h9,11,13-16,23,28H,1-8,10,21H2,(H,22,24)(H,25,29)(H,26,31)(H,27,30)(H,32,33). The zero-order valence-electron chi connectivity index (χ0n) is 18.4. The van der Waals surface area contributed by atoms with Crippen LogP contribution in [-0.2, 0) is 25.6 Å². The van der Waals surface area contributed by atoms with Gasteiger partial charge in [-0.05, 0) is 45.2 Å². The molecule has 9 N–H and O–H groups in total. The Morgan fingerprint density at radius 3 is 2.42 bits per heavy atom. The summed E-state index contributed by atoms with van der Waals surface area (Å²) in [6, 6.07) is -3.99. The second kappa shape index (κ2) is 13.5. The first kappa shape index (κ1) is 26.2. The summed E-state index contributed by atoms with van der Waals surface area (Å²) in [5.74, 6) is -3.09. The zero-order chi connectivity index (χ0) is 24.2. The molecule has 2 heterocycles. The predicted molar refractivity (Wildman–Crippen MR) is 117 cm³/mol. The lowest BCUT2D eigenvalue weighted by molar-refractivity contribution is -0.142. The topological polar surface area (TPSA) is 212 Å². The molecule has 1 aromatic rings. The number of aliphatic hydroxyl groups is 1. The van der Waals surface area contributed by atoms with Crippen molar-refractivity contribution in [2.24, 2.45) is 5.73 Å². The van der Waals surface area contributed by atoms with Crippen LogP contribution < -0.4 is 27.0 Å². The van der Waals surface area contributed by atoms with Gasteiger partial charge in [0.1, 0.15) is 18.1 Å². The Labute approximate surface area is 191 Å². The molecule has 0 aliphatic carbocycles. The number of amides is 3. The van der Waals surface area contributed by atoms with E-state index in [4.69, 9.17) is 5.73 Å². The van der Waals surface area contributed by atoms with E-state index in [-0.39, 0.29) is 18.4 Å². The van der Waals surface area contributed by atoms with Crippen molar-refractivity contribution in [2.45, 2.75) is 62.7 Å². The highest BCUT2D eigenvalue weighted by Crippen LogP contribution is 2.08. The van der Waals surface area contributed by atoms with Gasteiger partial charge < -0.3 is 42.2 Å². The molecule has 2 rings (SSSR count). The van der Waals surface area contributed by atoms with E-state index in [1.807, 2.05) is 0 Å². The number of carboxylic acids is 1. The van der Waals surface area contributed by atoms with Crippen LogP contribution in [0, 0.1) is 0 Å². The molecule has 4 atom stereocenters. The van der Waals surface area contributed by atoms with Crippen LogP contribution >= 0.6 is 0 Å². The maximum absolute atomic E-state index is 12.8. The minimum Gasteiger partial charge on any atom is -0.480 e. The number of carboxylic acid groups (broad SMARTS) is 1. The number of nitrogens with two attached hydrogens (primary N) is 1. The van der Waals surface area contributed by atoms with Gasteiger partial charge in [-0.25, -0.2) is 9.78 Å². The molecule has 1 saturated heterocycles. The number of H-pyrrole nitrogens is 1. The average Bonchev–Trinajstić information content (AvgIpc) is 3.50. The maximum Gasteiger partial charge on any atom is 0.326 e. The molecule has 0 radical (unpaired) electrons. The smallest absolute Gasteiger partial charge is 0.326 e. The fraction of sp³-hybridized carbons (Fsp3) is 0.650. The molecule has 3 amide bonds. The monoisotopic (exact) mass is 467 g/mol. The molecule has 0 spiro atoms. The quantitative estimate of drug-likeness (QED) is 0.134. The van der Waals surface area contributed by atoms with Gasteiger partial charge in [-0.1, -0.05) is 0 Å². The summed E-state index contributed by atoms with van der Waals surface area (Å²) in [4.78, 5) is 56.0. The van der Waals surface area contributed by atoms with Gasteiger partial charge in [0, 0.05) is 18.3 Å². The lowest BCUT2D eigenvalue weighted by Gasteiger charge is -2.24. The van der Waals surface area contributed by atoms with E-state index in [1.165, 1.54) is 12.5 Å². The molecule has 1 fully saturated rings.